The molecule has 1 aliphatic rings. The van der Waals surface area contributed by atoms with Crippen LogP contribution in [0.2, 0.25) is 10.0 Å². The van der Waals surface area contributed by atoms with Crippen LogP contribution in [0.1, 0.15) is 17.5 Å². The fourth-order valence-electron chi connectivity index (χ4n) is 3.05. The molecule has 0 radical (unpaired) electrons. The monoisotopic (exact) mass is 376 g/mol. The number of nitrogens with one attached hydrogen (secondary N) is 1. The third-order valence-electron chi connectivity index (χ3n) is 4.33. The quantitative estimate of drug-likeness (QED) is 0.850. The normalized spacial score (nSPS) is 17.0. The lowest BCUT2D eigenvalue weighted by Crippen LogP contribution is -2.28. The van der Waals surface area contributed by atoms with E-state index in [1.165, 1.54) is 0 Å². The molecule has 130 valence electrons. The van der Waals surface area contributed by atoms with Crippen LogP contribution in [-0.4, -0.2) is 18.4 Å². The molecular formula is C19H18Cl2N2O2. The Morgan fingerprint density at radius 2 is 1.92 bits per heavy atom. The zero-order valence-corrected chi connectivity index (χ0v) is 15.5. The number of hydrogen-bond acceptors (Lipinski definition) is 2. The second kappa shape index (κ2) is 7.06. The van der Waals surface area contributed by atoms with E-state index in [0.717, 1.165) is 16.8 Å². The first-order valence-electron chi connectivity index (χ1n) is 7.98. The molecule has 0 aromatic heterocycles. The Hall–Kier alpha value is -2.04. The van der Waals surface area contributed by atoms with Gasteiger partial charge in [-0.25, -0.2) is 0 Å². The van der Waals surface area contributed by atoms with Crippen molar-refractivity contribution in [3.05, 3.63) is 57.6 Å². The summed E-state index contributed by atoms with van der Waals surface area (Å²) >= 11 is 12.0. The van der Waals surface area contributed by atoms with E-state index >= 15 is 0 Å². The topological polar surface area (TPSA) is 49.4 Å². The highest BCUT2D eigenvalue weighted by Gasteiger charge is 2.35. The van der Waals surface area contributed by atoms with Gasteiger partial charge in [0, 0.05) is 23.7 Å². The number of carbonyl (C=O) groups is 2. The molecule has 0 saturated carbocycles. The van der Waals surface area contributed by atoms with Crippen LogP contribution in [0.25, 0.3) is 0 Å². The zero-order chi connectivity index (χ0) is 18.1. The van der Waals surface area contributed by atoms with E-state index in [-0.39, 0.29) is 18.2 Å². The van der Waals surface area contributed by atoms with Crippen LogP contribution in [-0.2, 0) is 9.59 Å². The Bertz CT molecular complexity index is 851. The maximum Gasteiger partial charge on any atom is 0.229 e. The zero-order valence-electron chi connectivity index (χ0n) is 14.0. The number of benzene rings is 2. The molecule has 2 aromatic rings. The summed E-state index contributed by atoms with van der Waals surface area (Å²) in [7, 11) is 0. The molecule has 0 bridgehead atoms. The first-order valence-corrected chi connectivity index (χ1v) is 8.74. The van der Waals surface area contributed by atoms with Crippen molar-refractivity contribution in [3.63, 3.8) is 0 Å². The van der Waals surface area contributed by atoms with Gasteiger partial charge in [-0.3, -0.25) is 9.59 Å². The average molecular weight is 377 g/mol. The summed E-state index contributed by atoms with van der Waals surface area (Å²) in [5.74, 6) is -0.711. The molecule has 1 N–H and O–H groups in total. The van der Waals surface area contributed by atoms with Gasteiger partial charge >= 0.3 is 0 Å². The number of carbonyl (C=O) groups excluding carboxylic acids is 2. The Kier molecular flexibility index (Phi) is 5.02. The van der Waals surface area contributed by atoms with Gasteiger partial charge in [0.1, 0.15) is 0 Å². The number of amides is 2. The van der Waals surface area contributed by atoms with Crippen LogP contribution in [0.5, 0.6) is 0 Å². The molecule has 1 fully saturated rings. The van der Waals surface area contributed by atoms with Crippen molar-refractivity contribution in [3.8, 4) is 0 Å². The van der Waals surface area contributed by atoms with Gasteiger partial charge in [0.2, 0.25) is 11.8 Å². The second-order valence-corrected chi connectivity index (χ2v) is 7.15. The standard InChI is InChI=1S/C19H18Cl2N2O2/c1-11-3-6-17(12(2)7-11)23-10-13(8-18(23)24)19(25)22-16-9-14(20)4-5-15(16)21/h3-7,9,13H,8,10H2,1-2H3,(H,22,25)/t13-/m0/s1. The summed E-state index contributed by atoms with van der Waals surface area (Å²) in [6, 6.07) is 10.8. The van der Waals surface area contributed by atoms with Crippen LogP contribution < -0.4 is 10.2 Å². The molecule has 25 heavy (non-hydrogen) atoms. The fourth-order valence-corrected chi connectivity index (χ4v) is 3.39. The van der Waals surface area contributed by atoms with Crippen molar-refractivity contribution in [2.24, 2.45) is 5.92 Å². The highest BCUT2D eigenvalue weighted by molar-refractivity contribution is 6.35. The van der Waals surface area contributed by atoms with Gasteiger partial charge in [-0.2, -0.15) is 0 Å². The predicted octanol–water partition coefficient (Wildman–Crippen LogP) is 4.60. The van der Waals surface area contributed by atoms with Crippen molar-refractivity contribution >= 4 is 46.4 Å². The van der Waals surface area contributed by atoms with E-state index in [2.05, 4.69) is 5.32 Å². The van der Waals surface area contributed by atoms with E-state index in [4.69, 9.17) is 23.2 Å². The van der Waals surface area contributed by atoms with Crippen molar-refractivity contribution in [1.29, 1.82) is 0 Å². The van der Waals surface area contributed by atoms with Crippen molar-refractivity contribution in [2.45, 2.75) is 20.3 Å². The highest BCUT2D eigenvalue weighted by atomic mass is 35.5. The maximum absolute atomic E-state index is 12.5. The molecule has 0 unspecified atom stereocenters. The van der Waals surface area contributed by atoms with Crippen molar-refractivity contribution in [2.75, 3.05) is 16.8 Å². The molecule has 2 aromatic carbocycles. The number of anilines is 2. The minimum atomic E-state index is -0.428. The molecule has 1 saturated heterocycles. The Morgan fingerprint density at radius 1 is 1.16 bits per heavy atom. The van der Waals surface area contributed by atoms with Crippen molar-refractivity contribution in [1.82, 2.24) is 0 Å². The lowest BCUT2D eigenvalue weighted by Gasteiger charge is -2.19. The molecule has 6 heteroatoms. The van der Waals surface area contributed by atoms with E-state index in [1.807, 2.05) is 32.0 Å². The first-order chi connectivity index (χ1) is 11.8. The summed E-state index contributed by atoms with van der Waals surface area (Å²) in [4.78, 5) is 26.6. The molecule has 3 rings (SSSR count). The highest BCUT2D eigenvalue weighted by Crippen LogP contribution is 2.30. The second-order valence-electron chi connectivity index (χ2n) is 6.31. The Balaban J connectivity index is 1.75. The minimum absolute atomic E-state index is 0.0516. The van der Waals surface area contributed by atoms with Crippen molar-refractivity contribution < 1.29 is 9.59 Å². The summed E-state index contributed by atoms with van der Waals surface area (Å²) in [6.45, 7) is 4.33. The van der Waals surface area contributed by atoms with Crippen LogP contribution in [0.15, 0.2) is 36.4 Å². The van der Waals surface area contributed by atoms with E-state index < -0.39 is 5.92 Å². The molecular weight excluding hydrogens is 359 g/mol. The van der Waals surface area contributed by atoms with Gasteiger partial charge < -0.3 is 10.2 Å². The Morgan fingerprint density at radius 3 is 2.64 bits per heavy atom. The molecule has 0 spiro atoms. The molecule has 1 aliphatic heterocycles. The number of hydrogen-bond donors (Lipinski definition) is 1. The lowest BCUT2D eigenvalue weighted by atomic mass is 10.1. The number of nitrogens with zero attached hydrogens (tertiary/aromatic N) is 1. The Labute approximate surface area is 156 Å². The SMILES string of the molecule is Cc1ccc(N2C[C@@H](C(=O)Nc3cc(Cl)ccc3Cl)CC2=O)c(C)c1. The van der Waals surface area contributed by atoms with Gasteiger partial charge in [-0.15, -0.1) is 0 Å². The van der Waals surface area contributed by atoms with Crippen LogP contribution in [0.3, 0.4) is 0 Å². The fraction of sp³-hybridized carbons (Fsp3) is 0.263. The van der Waals surface area contributed by atoms with Gasteiger partial charge in [0.25, 0.3) is 0 Å². The third kappa shape index (κ3) is 3.80. The lowest BCUT2D eigenvalue weighted by molar-refractivity contribution is -0.122. The summed E-state index contributed by atoms with van der Waals surface area (Å²) in [5, 5.41) is 3.67. The number of halogens is 2. The number of rotatable bonds is 3. The van der Waals surface area contributed by atoms with Crippen LogP contribution in [0.4, 0.5) is 11.4 Å². The predicted molar refractivity (Wildman–Crippen MR) is 101 cm³/mol. The minimum Gasteiger partial charge on any atom is -0.324 e. The molecule has 1 heterocycles. The maximum atomic E-state index is 12.5. The van der Waals surface area contributed by atoms with E-state index in [0.29, 0.717) is 22.3 Å². The van der Waals surface area contributed by atoms with Crippen LogP contribution in [0, 0.1) is 19.8 Å². The van der Waals surface area contributed by atoms with Crippen LogP contribution >= 0.6 is 23.2 Å². The molecule has 0 aliphatic carbocycles. The smallest absolute Gasteiger partial charge is 0.229 e. The summed E-state index contributed by atoms with van der Waals surface area (Å²) in [6.07, 6.45) is 0.178. The largest absolute Gasteiger partial charge is 0.324 e. The summed E-state index contributed by atoms with van der Waals surface area (Å²) in [5.41, 5.74) is 3.47. The van der Waals surface area contributed by atoms with E-state index in [1.54, 1.807) is 23.1 Å². The van der Waals surface area contributed by atoms with Gasteiger partial charge in [-0.1, -0.05) is 40.9 Å². The first kappa shape index (κ1) is 17.8. The third-order valence-corrected chi connectivity index (χ3v) is 4.89. The van der Waals surface area contributed by atoms with Gasteiger partial charge in [-0.05, 0) is 43.7 Å². The molecule has 1 atom stereocenters. The van der Waals surface area contributed by atoms with Gasteiger partial charge in [0.15, 0.2) is 0 Å². The van der Waals surface area contributed by atoms with E-state index in [9.17, 15) is 9.59 Å². The van der Waals surface area contributed by atoms with Gasteiger partial charge in [0.05, 0.1) is 16.6 Å². The molecule has 2 amide bonds. The molecule has 4 nitrogen and oxygen atoms in total. The average Bonchev–Trinajstić information content (AvgIpc) is 2.93. The summed E-state index contributed by atoms with van der Waals surface area (Å²) < 4.78 is 0. The number of aryl methyl sites for hydroxylation is 2.